The first-order valence-electron chi connectivity index (χ1n) is 2.37. The molecule has 0 unspecified atom stereocenters. The summed E-state index contributed by atoms with van der Waals surface area (Å²) in [6.07, 6.45) is 8.26. The lowest BCUT2D eigenvalue weighted by atomic mass is 10.3. The van der Waals surface area contributed by atoms with Crippen LogP contribution in [0.1, 0.15) is 0 Å². The van der Waals surface area contributed by atoms with Crippen molar-refractivity contribution >= 4 is 0 Å². The highest BCUT2D eigenvalue weighted by atomic mass is 16.2. The van der Waals surface area contributed by atoms with E-state index in [2.05, 4.69) is 5.32 Å². The Morgan fingerprint density at radius 2 is 2.38 bits per heavy atom. The van der Waals surface area contributed by atoms with Crippen molar-refractivity contribution in [3.63, 3.8) is 0 Å². The minimum absolute atomic E-state index is 0.715. The molecule has 8 heavy (non-hydrogen) atoms. The van der Waals surface area contributed by atoms with Crippen molar-refractivity contribution in [1.29, 1.82) is 0 Å². The Hall–Kier alpha value is -1.18. The van der Waals surface area contributed by atoms with Crippen molar-refractivity contribution in [3.8, 4) is 0 Å². The van der Waals surface area contributed by atoms with Crippen molar-refractivity contribution in [1.82, 2.24) is 5.32 Å². The van der Waals surface area contributed by atoms with Crippen LogP contribution in [0.15, 0.2) is 36.4 Å². The van der Waals surface area contributed by atoms with Crippen LogP contribution < -0.4 is 5.32 Å². The average Bonchev–Trinajstić information content (AvgIpc) is 1.90. The van der Waals surface area contributed by atoms with Gasteiger partial charge in [-0.2, -0.15) is 0 Å². The van der Waals surface area contributed by atoms with Crippen LogP contribution in [0.2, 0.25) is 0 Å². The topological polar surface area (TPSA) is 32.3 Å². The molecule has 0 aromatic rings. The van der Waals surface area contributed by atoms with Gasteiger partial charge in [0.25, 0.3) is 0 Å². The van der Waals surface area contributed by atoms with Crippen LogP contribution in [0.25, 0.3) is 0 Å². The largest absolute Gasteiger partial charge is 0.513 e. The minimum Gasteiger partial charge on any atom is -0.513 e. The van der Waals surface area contributed by atoms with E-state index in [1.54, 1.807) is 12.3 Å². The Kier molecular flexibility index (Phi) is 1.37. The van der Waals surface area contributed by atoms with Crippen LogP contribution in [0, 0.1) is 0 Å². The first-order chi connectivity index (χ1) is 3.93. The third-order valence-corrected chi connectivity index (χ3v) is 0.872. The van der Waals surface area contributed by atoms with E-state index in [-0.39, 0.29) is 0 Å². The van der Waals surface area contributed by atoms with Crippen LogP contribution in [0.3, 0.4) is 0 Å². The van der Waals surface area contributed by atoms with E-state index in [0.29, 0.717) is 5.70 Å². The van der Waals surface area contributed by atoms with Crippen molar-refractivity contribution in [2.45, 2.75) is 0 Å². The molecule has 1 aliphatic heterocycles. The molecule has 0 atom stereocenters. The monoisotopic (exact) mass is 109 g/mol. The smallest absolute Gasteiger partial charge is 0.103 e. The van der Waals surface area contributed by atoms with Crippen molar-refractivity contribution in [3.05, 3.63) is 36.4 Å². The van der Waals surface area contributed by atoms with Crippen LogP contribution in [0.4, 0.5) is 0 Å². The van der Waals surface area contributed by atoms with E-state index in [1.807, 2.05) is 12.2 Å². The Balaban J connectivity index is 2.66. The molecule has 1 heterocycles. The summed E-state index contributed by atoms with van der Waals surface area (Å²) in [7, 11) is 0. The zero-order valence-corrected chi connectivity index (χ0v) is 4.33. The Morgan fingerprint density at radius 1 is 1.50 bits per heavy atom. The molecule has 0 aliphatic carbocycles. The molecule has 0 fully saturated rings. The van der Waals surface area contributed by atoms with Gasteiger partial charge in [0, 0.05) is 6.20 Å². The van der Waals surface area contributed by atoms with Gasteiger partial charge in [0.2, 0.25) is 0 Å². The molecule has 0 bridgehead atoms. The number of aliphatic hydroxyl groups excluding tert-OH is 1. The highest BCUT2D eigenvalue weighted by Gasteiger charge is 1.87. The zero-order chi connectivity index (χ0) is 5.82. The average molecular weight is 109 g/mol. The molecular weight excluding hydrogens is 102 g/mol. The molecule has 2 N–H and O–H groups in total. The van der Waals surface area contributed by atoms with E-state index in [4.69, 9.17) is 5.11 Å². The zero-order valence-electron chi connectivity index (χ0n) is 4.33. The van der Waals surface area contributed by atoms with Crippen LogP contribution in [-0.2, 0) is 0 Å². The molecule has 2 nitrogen and oxygen atoms in total. The standard InChI is InChI=1S/C6H7NO/c8-5-6-3-1-2-4-7-6/h1-5,7-8H/b6-5-. The summed E-state index contributed by atoms with van der Waals surface area (Å²) >= 11 is 0. The number of aliphatic hydroxyl groups is 1. The maximum atomic E-state index is 8.38. The lowest BCUT2D eigenvalue weighted by Crippen LogP contribution is -2.03. The molecule has 0 aromatic heterocycles. The molecular formula is C6H7NO. The molecule has 0 amide bonds. The first kappa shape index (κ1) is 4.97. The van der Waals surface area contributed by atoms with Crippen LogP contribution in [0.5, 0.6) is 0 Å². The number of hydrogen-bond donors (Lipinski definition) is 2. The number of hydrogen-bond acceptors (Lipinski definition) is 2. The summed E-state index contributed by atoms with van der Waals surface area (Å²) in [6, 6.07) is 0. The predicted molar refractivity (Wildman–Crippen MR) is 32.1 cm³/mol. The number of allylic oxidation sites excluding steroid dienone is 3. The summed E-state index contributed by atoms with van der Waals surface area (Å²) in [5.74, 6) is 0. The maximum absolute atomic E-state index is 8.38. The minimum atomic E-state index is 0.715. The molecule has 0 saturated heterocycles. The van der Waals surface area contributed by atoms with E-state index < -0.39 is 0 Å². The Labute approximate surface area is 47.8 Å². The van der Waals surface area contributed by atoms with Crippen molar-refractivity contribution in [2.24, 2.45) is 0 Å². The Morgan fingerprint density at radius 3 is 2.75 bits per heavy atom. The van der Waals surface area contributed by atoms with Crippen LogP contribution >= 0.6 is 0 Å². The van der Waals surface area contributed by atoms with E-state index in [9.17, 15) is 0 Å². The molecule has 0 aromatic carbocycles. The van der Waals surface area contributed by atoms with E-state index in [1.165, 1.54) is 0 Å². The Bertz CT molecular complexity index is 156. The van der Waals surface area contributed by atoms with Crippen LogP contribution in [-0.4, -0.2) is 5.11 Å². The second-order valence-electron chi connectivity index (χ2n) is 1.45. The molecule has 1 rings (SSSR count). The SMILES string of the molecule is O/C=C1/C=CC=CN1. The fourth-order valence-electron chi connectivity index (χ4n) is 0.488. The number of rotatable bonds is 0. The highest BCUT2D eigenvalue weighted by molar-refractivity contribution is 5.24. The fraction of sp³-hybridized carbons (Fsp3) is 0. The van der Waals surface area contributed by atoms with Gasteiger partial charge in [0.1, 0.15) is 6.26 Å². The third-order valence-electron chi connectivity index (χ3n) is 0.872. The molecule has 2 heteroatoms. The number of nitrogens with one attached hydrogen (secondary N) is 1. The molecule has 0 radical (unpaired) electrons. The van der Waals surface area contributed by atoms with Gasteiger partial charge >= 0.3 is 0 Å². The number of dihydropyridines is 1. The molecule has 0 saturated carbocycles. The normalized spacial score (nSPS) is 21.2. The van der Waals surface area contributed by atoms with Gasteiger partial charge in [-0.3, -0.25) is 0 Å². The molecule has 42 valence electrons. The fourth-order valence-corrected chi connectivity index (χ4v) is 0.488. The van der Waals surface area contributed by atoms with Crippen molar-refractivity contribution in [2.75, 3.05) is 0 Å². The lowest BCUT2D eigenvalue weighted by Gasteiger charge is -2.00. The first-order valence-corrected chi connectivity index (χ1v) is 2.37. The van der Waals surface area contributed by atoms with Gasteiger partial charge in [-0.15, -0.1) is 0 Å². The lowest BCUT2D eigenvalue weighted by molar-refractivity contribution is 0.466. The summed E-state index contributed by atoms with van der Waals surface area (Å²) in [4.78, 5) is 0. The summed E-state index contributed by atoms with van der Waals surface area (Å²) in [5.41, 5.74) is 0.715. The summed E-state index contributed by atoms with van der Waals surface area (Å²) < 4.78 is 0. The maximum Gasteiger partial charge on any atom is 0.103 e. The van der Waals surface area contributed by atoms with Gasteiger partial charge in [-0.1, -0.05) is 6.08 Å². The highest BCUT2D eigenvalue weighted by Crippen LogP contribution is 1.94. The second-order valence-corrected chi connectivity index (χ2v) is 1.45. The van der Waals surface area contributed by atoms with Crippen molar-refractivity contribution < 1.29 is 5.11 Å². The second kappa shape index (κ2) is 2.21. The van der Waals surface area contributed by atoms with Gasteiger partial charge in [-0.25, -0.2) is 0 Å². The summed E-state index contributed by atoms with van der Waals surface area (Å²) in [6.45, 7) is 0. The van der Waals surface area contributed by atoms with Gasteiger partial charge in [0.15, 0.2) is 0 Å². The van der Waals surface area contributed by atoms with E-state index >= 15 is 0 Å². The van der Waals surface area contributed by atoms with Gasteiger partial charge in [-0.05, 0) is 12.2 Å². The molecule has 0 spiro atoms. The third kappa shape index (κ3) is 0.904. The summed E-state index contributed by atoms with van der Waals surface area (Å²) in [5, 5.41) is 11.2. The van der Waals surface area contributed by atoms with Gasteiger partial charge in [0.05, 0.1) is 5.70 Å². The van der Waals surface area contributed by atoms with E-state index in [0.717, 1.165) is 6.26 Å². The molecule has 1 aliphatic rings. The van der Waals surface area contributed by atoms with Gasteiger partial charge < -0.3 is 10.4 Å². The quantitative estimate of drug-likeness (QED) is 0.456. The predicted octanol–water partition coefficient (Wildman–Crippen LogP) is 1.06.